The van der Waals surface area contributed by atoms with E-state index in [4.69, 9.17) is 10.1 Å². The molecule has 0 radical (unpaired) electrons. The highest BCUT2D eigenvalue weighted by Gasteiger charge is 2.00. The van der Waals surface area contributed by atoms with Crippen LogP contribution in [0.25, 0.3) is 21.5 Å². The van der Waals surface area contributed by atoms with Crippen molar-refractivity contribution in [3.8, 4) is 0 Å². The second-order valence-electron chi connectivity index (χ2n) is 5.44. The molecule has 1 unspecified atom stereocenters. The molecule has 0 saturated heterocycles. The SMILES string of the molecule is CCCCC(O)OBO.c1ccc2cc3ccccc3cc2c1. The van der Waals surface area contributed by atoms with Gasteiger partial charge in [0.25, 0.3) is 0 Å². The molecule has 4 heteroatoms. The van der Waals surface area contributed by atoms with Gasteiger partial charge in [-0.3, -0.25) is 0 Å². The fourth-order valence-corrected chi connectivity index (χ4v) is 2.43. The van der Waals surface area contributed by atoms with Crippen LogP contribution in [0.15, 0.2) is 60.7 Å². The fraction of sp³-hybridized carbons (Fsp3) is 0.263. The summed E-state index contributed by atoms with van der Waals surface area (Å²) in [5.41, 5.74) is 0. The number of benzene rings is 3. The molecular weight excluding hydrogens is 287 g/mol. The largest absolute Gasteiger partial charge is 0.437 e. The van der Waals surface area contributed by atoms with Crippen LogP contribution in [0.5, 0.6) is 0 Å². The zero-order chi connectivity index (χ0) is 16.5. The molecule has 0 heterocycles. The molecule has 0 aliphatic rings. The molecule has 3 aromatic carbocycles. The molecule has 2 N–H and O–H groups in total. The van der Waals surface area contributed by atoms with Crippen molar-refractivity contribution in [1.82, 2.24) is 0 Å². The van der Waals surface area contributed by atoms with E-state index in [9.17, 15) is 0 Å². The molecule has 0 aromatic heterocycles. The van der Waals surface area contributed by atoms with E-state index in [1.165, 1.54) is 21.5 Å². The minimum atomic E-state index is -0.782. The molecule has 3 aromatic rings. The summed E-state index contributed by atoms with van der Waals surface area (Å²) in [4.78, 5) is 0. The lowest BCUT2D eigenvalue weighted by Gasteiger charge is -2.07. The summed E-state index contributed by atoms with van der Waals surface area (Å²) in [6.07, 6.45) is 1.79. The summed E-state index contributed by atoms with van der Waals surface area (Å²) >= 11 is 0. The van der Waals surface area contributed by atoms with E-state index in [1.54, 1.807) is 0 Å². The Morgan fingerprint density at radius 2 is 1.35 bits per heavy atom. The van der Waals surface area contributed by atoms with Crippen LogP contribution >= 0.6 is 0 Å². The third-order valence-corrected chi connectivity index (χ3v) is 3.69. The van der Waals surface area contributed by atoms with Crippen LogP contribution in [0.1, 0.15) is 26.2 Å². The van der Waals surface area contributed by atoms with Gasteiger partial charge in [-0.15, -0.1) is 0 Å². The van der Waals surface area contributed by atoms with E-state index >= 15 is 0 Å². The van der Waals surface area contributed by atoms with E-state index in [0.717, 1.165) is 12.8 Å². The summed E-state index contributed by atoms with van der Waals surface area (Å²) < 4.78 is 4.46. The number of fused-ring (bicyclic) bond motifs is 2. The number of hydrogen-bond acceptors (Lipinski definition) is 3. The Labute approximate surface area is 137 Å². The average Bonchev–Trinajstić information content (AvgIpc) is 2.59. The predicted octanol–water partition coefficient (Wildman–Crippen LogP) is 3.76. The Kier molecular flexibility index (Phi) is 7.07. The lowest BCUT2D eigenvalue weighted by molar-refractivity contribution is -0.0316. The topological polar surface area (TPSA) is 49.7 Å². The molecule has 120 valence electrons. The first-order chi connectivity index (χ1) is 11.2. The Morgan fingerprint density at radius 3 is 1.70 bits per heavy atom. The molecular formula is C19H23BO3. The number of unbranched alkanes of at least 4 members (excludes halogenated alkanes) is 1. The molecule has 23 heavy (non-hydrogen) atoms. The first kappa shape index (κ1) is 17.5. The van der Waals surface area contributed by atoms with Gasteiger partial charge in [0.2, 0.25) is 0 Å². The van der Waals surface area contributed by atoms with Gasteiger partial charge < -0.3 is 14.8 Å². The molecule has 1 atom stereocenters. The van der Waals surface area contributed by atoms with Crippen molar-refractivity contribution >= 4 is 29.2 Å². The van der Waals surface area contributed by atoms with E-state index in [-0.39, 0.29) is 0 Å². The van der Waals surface area contributed by atoms with Crippen molar-refractivity contribution in [2.24, 2.45) is 0 Å². The van der Waals surface area contributed by atoms with Gasteiger partial charge in [0.05, 0.1) is 0 Å². The lowest BCUT2D eigenvalue weighted by Crippen LogP contribution is -2.14. The number of rotatable bonds is 5. The van der Waals surface area contributed by atoms with Gasteiger partial charge in [-0.2, -0.15) is 0 Å². The Morgan fingerprint density at radius 1 is 0.913 bits per heavy atom. The van der Waals surface area contributed by atoms with Crippen LogP contribution in [0.2, 0.25) is 0 Å². The molecule has 0 bridgehead atoms. The van der Waals surface area contributed by atoms with Gasteiger partial charge in [0, 0.05) is 0 Å². The quantitative estimate of drug-likeness (QED) is 0.428. The van der Waals surface area contributed by atoms with Crippen LogP contribution < -0.4 is 0 Å². The third-order valence-electron chi connectivity index (χ3n) is 3.69. The second-order valence-corrected chi connectivity index (χ2v) is 5.44. The van der Waals surface area contributed by atoms with Crippen molar-refractivity contribution < 1.29 is 14.8 Å². The normalized spacial score (nSPS) is 11.8. The first-order valence-corrected chi connectivity index (χ1v) is 8.02. The summed E-state index contributed by atoms with van der Waals surface area (Å²) in [5, 5.41) is 22.2. The van der Waals surface area contributed by atoms with E-state index < -0.39 is 14.0 Å². The Bertz CT molecular complexity index is 625. The molecule has 0 aliphatic heterocycles. The summed E-state index contributed by atoms with van der Waals surface area (Å²) in [5.74, 6) is 0. The van der Waals surface area contributed by atoms with Crippen LogP contribution in [0.4, 0.5) is 0 Å². The highest BCUT2D eigenvalue weighted by molar-refractivity contribution is 6.15. The van der Waals surface area contributed by atoms with E-state index in [1.807, 2.05) is 6.92 Å². The average molecular weight is 310 g/mol. The molecule has 3 rings (SSSR count). The monoisotopic (exact) mass is 310 g/mol. The molecule has 0 fully saturated rings. The summed E-state index contributed by atoms with van der Waals surface area (Å²) in [7, 11) is -0.398. The van der Waals surface area contributed by atoms with E-state index in [2.05, 4.69) is 65.3 Å². The first-order valence-electron chi connectivity index (χ1n) is 8.02. The summed E-state index contributed by atoms with van der Waals surface area (Å²) in [6, 6.07) is 21.4. The molecule has 0 aliphatic carbocycles. The molecule has 3 nitrogen and oxygen atoms in total. The highest BCUT2D eigenvalue weighted by Crippen LogP contribution is 2.21. The van der Waals surface area contributed by atoms with Crippen LogP contribution in [-0.4, -0.2) is 24.1 Å². The molecule has 0 amide bonds. The Balaban J connectivity index is 0.000000188. The van der Waals surface area contributed by atoms with Gasteiger partial charge in [0.1, 0.15) is 6.29 Å². The third kappa shape index (κ3) is 5.36. The van der Waals surface area contributed by atoms with Gasteiger partial charge in [-0.1, -0.05) is 61.9 Å². The van der Waals surface area contributed by atoms with Crippen molar-refractivity contribution in [1.29, 1.82) is 0 Å². The highest BCUT2D eigenvalue weighted by atomic mass is 16.6. The second kappa shape index (κ2) is 9.31. The van der Waals surface area contributed by atoms with Crippen molar-refractivity contribution in [2.45, 2.75) is 32.5 Å². The smallest absolute Gasteiger partial charge is 0.430 e. The zero-order valence-electron chi connectivity index (χ0n) is 13.5. The standard InChI is InChI=1S/C14H10.C5H13BO3/c1-2-6-12-10-14-8-4-3-7-13(14)9-11(12)5-1;1-2-3-4-5(7)9-6-8/h1-10H;5-8H,2-4H2,1H3. The van der Waals surface area contributed by atoms with Crippen molar-refractivity contribution in [3.63, 3.8) is 0 Å². The minimum absolute atomic E-state index is 0.398. The van der Waals surface area contributed by atoms with Gasteiger partial charge in [-0.25, -0.2) is 0 Å². The Hall–Kier alpha value is -1.88. The lowest BCUT2D eigenvalue weighted by atomic mass is 10.0. The van der Waals surface area contributed by atoms with Gasteiger partial charge in [-0.05, 0) is 46.5 Å². The summed E-state index contributed by atoms with van der Waals surface area (Å²) in [6.45, 7) is 2.03. The van der Waals surface area contributed by atoms with Crippen LogP contribution in [0, 0.1) is 0 Å². The van der Waals surface area contributed by atoms with Crippen LogP contribution in [-0.2, 0) is 4.65 Å². The van der Waals surface area contributed by atoms with E-state index in [0.29, 0.717) is 6.42 Å². The maximum atomic E-state index is 8.80. The van der Waals surface area contributed by atoms with Crippen molar-refractivity contribution in [3.05, 3.63) is 60.7 Å². The van der Waals surface area contributed by atoms with Gasteiger partial charge in [0.15, 0.2) is 0 Å². The zero-order valence-corrected chi connectivity index (χ0v) is 13.5. The van der Waals surface area contributed by atoms with Crippen LogP contribution in [0.3, 0.4) is 0 Å². The predicted molar refractivity (Wildman–Crippen MR) is 97.4 cm³/mol. The van der Waals surface area contributed by atoms with Crippen molar-refractivity contribution in [2.75, 3.05) is 0 Å². The number of aliphatic hydroxyl groups is 1. The molecule has 0 spiro atoms. The maximum absolute atomic E-state index is 8.80. The minimum Gasteiger partial charge on any atom is -0.430 e. The fourth-order valence-electron chi connectivity index (χ4n) is 2.43. The number of hydrogen-bond donors (Lipinski definition) is 2. The maximum Gasteiger partial charge on any atom is 0.437 e. The number of aliphatic hydroxyl groups excluding tert-OH is 1. The van der Waals surface area contributed by atoms with Gasteiger partial charge >= 0.3 is 7.69 Å². The molecule has 0 saturated carbocycles.